The van der Waals surface area contributed by atoms with Crippen molar-refractivity contribution in [2.45, 2.75) is 13.3 Å². The van der Waals surface area contributed by atoms with Crippen LogP contribution in [-0.2, 0) is 0 Å². The Labute approximate surface area is 105 Å². The monoisotopic (exact) mass is 258 g/mol. The van der Waals surface area contributed by atoms with Crippen molar-refractivity contribution in [1.29, 1.82) is 0 Å². The normalized spacial score (nSPS) is 10.3. The maximum absolute atomic E-state index is 13.3. The van der Waals surface area contributed by atoms with Gasteiger partial charge >= 0.3 is 0 Å². The number of benzene rings is 1. The lowest BCUT2D eigenvalue weighted by atomic mass is 10.2. The Balaban J connectivity index is 2.44. The molecular formula is C12H16ClFN2O. The minimum atomic E-state index is -0.557. The van der Waals surface area contributed by atoms with Gasteiger partial charge in [-0.1, -0.05) is 18.5 Å². The second-order valence-electron chi connectivity index (χ2n) is 3.59. The number of hydrogen-bond donors (Lipinski definition) is 2. The number of amides is 1. The summed E-state index contributed by atoms with van der Waals surface area (Å²) in [4.78, 5) is 11.6. The Bertz CT molecular complexity index is 385. The summed E-state index contributed by atoms with van der Waals surface area (Å²) in [6.45, 7) is 4.25. The smallest absolute Gasteiger partial charge is 0.254 e. The number of nitrogens with one attached hydrogen (secondary N) is 2. The van der Waals surface area contributed by atoms with Crippen LogP contribution in [0, 0.1) is 5.82 Å². The van der Waals surface area contributed by atoms with Crippen molar-refractivity contribution in [2.24, 2.45) is 0 Å². The minimum absolute atomic E-state index is 0.0130. The second-order valence-corrected chi connectivity index (χ2v) is 4.02. The van der Waals surface area contributed by atoms with Crippen LogP contribution in [-0.4, -0.2) is 25.5 Å². The Morgan fingerprint density at radius 2 is 2.18 bits per heavy atom. The molecule has 5 heteroatoms. The molecule has 0 unspecified atom stereocenters. The van der Waals surface area contributed by atoms with Crippen molar-refractivity contribution >= 4 is 17.5 Å². The van der Waals surface area contributed by atoms with Gasteiger partial charge in [0, 0.05) is 11.6 Å². The van der Waals surface area contributed by atoms with Crippen LogP contribution in [0.25, 0.3) is 0 Å². The number of carbonyl (C=O) groups is 1. The van der Waals surface area contributed by atoms with Gasteiger partial charge in [-0.15, -0.1) is 0 Å². The highest BCUT2D eigenvalue weighted by Crippen LogP contribution is 2.14. The largest absolute Gasteiger partial charge is 0.352 e. The van der Waals surface area contributed by atoms with Crippen molar-refractivity contribution in [3.05, 3.63) is 34.6 Å². The summed E-state index contributed by atoms with van der Waals surface area (Å²) in [5.41, 5.74) is -0.0130. The molecule has 3 nitrogen and oxygen atoms in total. The summed E-state index contributed by atoms with van der Waals surface area (Å²) < 4.78 is 13.3. The molecule has 1 rings (SSSR count). The fourth-order valence-electron chi connectivity index (χ4n) is 1.36. The van der Waals surface area contributed by atoms with Gasteiger partial charge in [-0.3, -0.25) is 4.79 Å². The van der Waals surface area contributed by atoms with Gasteiger partial charge in [0.15, 0.2) is 0 Å². The van der Waals surface area contributed by atoms with Gasteiger partial charge < -0.3 is 10.6 Å². The van der Waals surface area contributed by atoms with Gasteiger partial charge in [0.1, 0.15) is 5.82 Å². The summed E-state index contributed by atoms with van der Waals surface area (Å²) in [5.74, 6) is -0.986. The molecule has 0 radical (unpaired) electrons. The van der Waals surface area contributed by atoms with E-state index in [1.807, 2.05) is 6.92 Å². The molecule has 0 saturated heterocycles. The Hall–Kier alpha value is -1.13. The third-order valence-corrected chi connectivity index (χ3v) is 2.47. The van der Waals surface area contributed by atoms with E-state index in [2.05, 4.69) is 10.6 Å². The van der Waals surface area contributed by atoms with Crippen molar-refractivity contribution in [3.8, 4) is 0 Å². The first-order valence-corrected chi connectivity index (χ1v) is 5.97. The standard InChI is InChI=1S/C12H16ClFN2O/c1-2-15-6-3-7-16-12(17)10-8-9(13)4-5-11(10)14/h4-5,8,15H,2-3,6-7H2,1H3,(H,16,17). The van der Waals surface area contributed by atoms with E-state index in [-0.39, 0.29) is 5.56 Å². The molecule has 0 heterocycles. The molecule has 17 heavy (non-hydrogen) atoms. The molecule has 0 saturated carbocycles. The topological polar surface area (TPSA) is 41.1 Å². The molecule has 1 aromatic rings. The first-order chi connectivity index (χ1) is 8.15. The molecule has 0 atom stereocenters. The lowest BCUT2D eigenvalue weighted by molar-refractivity contribution is 0.0949. The first kappa shape index (κ1) is 13.9. The fourth-order valence-corrected chi connectivity index (χ4v) is 1.53. The highest BCUT2D eigenvalue weighted by atomic mass is 35.5. The lowest BCUT2D eigenvalue weighted by Gasteiger charge is -2.06. The molecule has 0 aliphatic rings. The van der Waals surface area contributed by atoms with E-state index in [9.17, 15) is 9.18 Å². The number of rotatable bonds is 6. The van der Waals surface area contributed by atoms with E-state index < -0.39 is 11.7 Å². The average molecular weight is 259 g/mol. The van der Waals surface area contributed by atoms with Crippen molar-refractivity contribution in [2.75, 3.05) is 19.6 Å². The lowest BCUT2D eigenvalue weighted by Crippen LogP contribution is -2.28. The van der Waals surface area contributed by atoms with Crippen molar-refractivity contribution < 1.29 is 9.18 Å². The highest BCUT2D eigenvalue weighted by Gasteiger charge is 2.11. The van der Waals surface area contributed by atoms with Crippen molar-refractivity contribution in [3.63, 3.8) is 0 Å². The van der Waals surface area contributed by atoms with Crippen LogP contribution in [0.3, 0.4) is 0 Å². The zero-order chi connectivity index (χ0) is 12.7. The second kappa shape index (κ2) is 7.25. The molecule has 0 aliphatic heterocycles. The zero-order valence-electron chi connectivity index (χ0n) is 9.72. The molecule has 0 fully saturated rings. The van der Waals surface area contributed by atoms with Gasteiger partial charge in [-0.05, 0) is 37.7 Å². The summed E-state index contributed by atoms with van der Waals surface area (Å²) in [6, 6.07) is 3.94. The predicted octanol–water partition coefficient (Wildman–Crippen LogP) is 2.21. The van der Waals surface area contributed by atoms with Gasteiger partial charge in [0.25, 0.3) is 5.91 Å². The summed E-state index contributed by atoms with van der Waals surface area (Å²) in [5, 5.41) is 6.14. The minimum Gasteiger partial charge on any atom is -0.352 e. The van der Waals surface area contributed by atoms with E-state index in [1.54, 1.807) is 0 Å². The van der Waals surface area contributed by atoms with Gasteiger partial charge in [-0.25, -0.2) is 4.39 Å². The third-order valence-electron chi connectivity index (χ3n) is 2.24. The molecule has 0 aliphatic carbocycles. The average Bonchev–Trinajstić information content (AvgIpc) is 2.32. The summed E-state index contributed by atoms with van der Waals surface area (Å²) >= 11 is 5.71. The highest BCUT2D eigenvalue weighted by molar-refractivity contribution is 6.30. The molecule has 0 spiro atoms. The van der Waals surface area contributed by atoms with Crippen LogP contribution in [0.15, 0.2) is 18.2 Å². The number of halogens is 2. The van der Waals surface area contributed by atoms with Gasteiger partial charge in [-0.2, -0.15) is 0 Å². The molecule has 1 amide bonds. The van der Waals surface area contributed by atoms with Gasteiger partial charge in [0.05, 0.1) is 5.56 Å². The van der Waals surface area contributed by atoms with Crippen LogP contribution in [0.5, 0.6) is 0 Å². The van der Waals surface area contributed by atoms with E-state index in [4.69, 9.17) is 11.6 Å². The molecular weight excluding hydrogens is 243 g/mol. The predicted molar refractivity (Wildman–Crippen MR) is 66.9 cm³/mol. The molecule has 0 aromatic heterocycles. The Morgan fingerprint density at radius 1 is 1.41 bits per heavy atom. The maximum atomic E-state index is 13.3. The van der Waals surface area contributed by atoms with Crippen LogP contribution in [0.4, 0.5) is 4.39 Å². The molecule has 94 valence electrons. The Kier molecular flexibility index (Phi) is 5.94. The van der Waals surface area contributed by atoms with E-state index in [0.29, 0.717) is 11.6 Å². The van der Waals surface area contributed by atoms with E-state index in [0.717, 1.165) is 19.5 Å². The molecule has 0 bridgehead atoms. The van der Waals surface area contributed by atoms with Gasteiger partial charge in [0.2, 0.25) is 0 Å². The summed E-state index contributed by atoms with van der Waals surface area (Å²) in [7, 11) is 0. The van der Waals surface area contributed by atoms with Crippen LogP contribution < -0.4 is 10.6 Å². The fraction of sp³-hybridized carbons (Fsp3) is 0.417. The summed E-state index contributed by atoms with van der Waals surface area (Å²) in [6.07, 6.45) is 0.807. The SMILES string of the molecule is CCNCCCNC(=O)c1cc(Cl)ccc1F. The molecule has 1 aromatic carbocycles. The quantitative estimate of drug-likeness (QED) is 0.768. The first-order valence-electron chi connectivity index (χ1n) is 5.59. The van der Waals surface area contributed by atoms with Crippen LogP contribution in [0.1, 0.15) is 23.7 Å². The Morgan fingerprint density at radius 3 is 2.88 bits per heavy atom. The van der Waals surface area contributed by atoms with Crippen molar-refractivity contribution in [1.82, 2.24) is 10.6 Å². The molecule has 2 N–H and O–H groups in total. The van der Waals surface area contributed by atoms with E-state index in [1.165, 1.54) is 18.2 Å². The van der Waals surface area contributed by atoms with E-state index >= 15 is 0 Å². The maximum Gasteiger partial charge on any atom is 0.254 e. The zero-order valence-corrected chi connectivity index (χ0v) is 10.5. The number of carbonyl (C=O) groups excluding carboxylic acids is 1. The van der Waals surface area contributed by atoms with Crippen LogP contribution in [0.2, 0.25) is 5.02 Å². The van der Waals surface area contributed by atoms with Crippen LogP contribution >= 0.6 is 11.6 Å². The number of hydrogen-bond acceptors (Lipinski definition) is 2. The third kappa shape index (κ3) is 4.71.